The maximum atomic E-state index is 11.1. The third-order valence-electron chi connectivity index (χ3n) is 2.57. The van der Waals surface area contributed by atoms with Gasteiger partial charge in [0.05, 0.1) is 13.0 Å². The van der Waals surface area contributed by atoms with E-state index in [0.717, 1.165) is 10.0 Å². The van der Waals surface area contributed by atoms with Crippen LogP contribution in [0.15, 0.2) is 22.7 Å². The van der Waals surface area contributed by atoms with Crippen molar-refractivity contribution >= 4 is 21.9 Å². The van der Waals surface area contributed by atoms with Gasteiger partial charge in [-0.3, -0.25) is 4.79 Å². The van der Waals surface area contributed by atoms with Crippen LogP contribution in [-0.4, -0.2) is 24.7 Å². The molecule has 5 heteroatoms. The minimum absolute atomic E-state index is 0.368. The number of hydrogen-bond acceptors (Lipinski definition) is 3. The van der Waals surface area contributed by atoms with Crippen molar-refractivity contribution in [2.24, 2.45) is 11.7 Å². The normalized spacial score (nSPS) is 12.2. The van der Waals surface area contributed by atoms with E-state index in [0.29, 0.717) is 25.1 Å². The second-order valence-corrected chi connectivity index (χ2v) is 4.69. The van der Waals surface area contributed by atoms with Crippen molar-refractivity contribution in [1.29, 1.82) is 0 Å². The van der Waals surface area contributed by atoms with Crippen LogP contribution in [-0.2, 0) is 11.2 Å². The number of methoxy groups -OCH3 is 1. The molecule has 0 aliphatic rings. The monoisotopic (exact) mass is 301 g/mol. The molecule has 1 atom stereocenters. The predicted molar refractivity (Wildman–Crippen MR) is 69.2 cm³/mol. The van der Waals surface area contributed by atoms with E-state index >= 15 is 0 Å². The largest absolute Gasteiger partial charge is 0.496 e. The van der Waals surface area contributed by atoms with E-state index in [9.17, 15) is 4.79 Å². The van der Waals surface area contributed by atoms with Gasteiger partial charge in [-0.15, -0.1) is 0 Å². The Morgan fingerprint density at radius 2 is 2.29 bits per heavy atom. The molecule has 0 radical (unpaired) electrons. The van der Waals surface area contributed by atoms with Gasteiger partial charge in [-0.05, 0) is 43.1 Å². The number of halogens is 1. The minimum Gasteiger partial charge on any atom is -0.496 e. The van der Waals surface area contributed by atoms with Gasteiger partial charge in [0.1, 0.15) is 5.75 Å². The van der Waals surface area contributed by atoms with E-state index < -0.39 is 11.9 Å². The molecule has 0 fully saturated rings. The molecule has 0 saturated heterocycles. The number of carboxylic acids is 1. The summed E-state index contributed by atoms with van der Waals surface area (Å²) in [4.78, 5) is 11.1. The Morgan fingerprint density at radius 1 is 1.59 bits per heavy atom. The number of ether oxygens (including phenoxy) is 1. The first kappa shape index (κ1) is 14.0. The summed E-state index contributed by atoms with van der Waals surface area (Å²) in [5.41, 5.74) is 6.29. The van der Waals surface area contributed by atoms with Gasteiger partial charge in [0.25, 0.3) is 0 Å². The molecule has 3 N–H and O–H groups in total. The molecule has 1 aromatic carbocycles. The lowest BCUT2D eigenvalue weighted by atomic mass is 9.96. The summed E-state index contributed by atoms with van der Waals surface area (Å²) in [6.45, 7) is 0.368. The Balaban J connectivity index is 2.91. The molecule has 0 aliphatic heterocycles. The van der Waals surface area contributed by atoms with Crippen LogP contribution in [0.2, 0.25) is 0 Å². The van der Waals surface area contributed by atoms with Crippen LogP contribution in [0.3, 0.4) is 0 Å². The summed E-state index contributed by atoms with van der Waals surface area (Å²) in [7, 11) is 1.57. The molecule has 0 amide bonds. The molecule has 94 valence electrons. The van der Waals surface area contributed by atoms with Gasteiger partial charge in [0.15, 0.2) is 0 Å². The van der Waals surface area contributed by atoms with Crippen LogP contribution in [0.4, 0.5) is 0 Å². The number of rotatable bonds is 6. The standard InChI is InChI=1S/C12H16BrNO3/c1-17-11-3-2-10(13)7-9(11)6-8(4-5-14)12(15)16/h2-3,7-8H,4-6,14H2,1H3,(H,15,16). The van der Waals surface area contributed by atoms with Crippen molar-refractivity contribution in [3.63, 3.8) is 0 Å². The third kappa shape index (κ3) is 4.02. The molecular weight excluding hydrogens is 286 g/mol. The van der Waals surface area contributed by atoms with Crippen LogP contribution in [0.5, 0.6) is 5.75 Å². The Kier molecular flexibility index (Phi) is 5.44. The fraction of sp³-hybridized carbons (Fsp3) is 0.417. The highest BCUT2D eigenvalue weighted by atomic mass is 79.9. The van der Waals surface area contributed by atoms with E-state index in [1.807, 2.05) is 18.2 Å². The maximum absolute atomic E-state index is 11.1. The third-order valence-corrected chi connectivity index (χ3v) is 3.07. The van der Waals surface area contributed by atoms with Crippen molar-refractivity contribution < 1.29 is 14.6 Å². The van der Waals surface area contributed by atoms with Gasteiger partial charge in [-0.1, -0.05) is 15.9 Å². The SMILES string of the molecule is COc1ccc(Br)cc1CC(CCN)C(=O)O. The molecule has 0 heterocycles. The lowest BCUT2D eigenvalue weighted by Gasteiger charge is -2.14. The molecule has 0 bridgehead atoms. The number of hydrogen-bond donors (Lipinski definition) is 2. The first-order chi connectivity index (χ1) is 8.08. The lowest BCUT2D eigenvalue weighted by molar-refractivity contribution is -0.141. The predicted octanol–water partition coefficient (Wildman–Crippen LogP) is 2.05. The van der Waals surface area contributed by atoms with Gasteiger partial charge >= 0.3 is 5.97 Å². The molecule has 17 heavy (non-hydrogen) atoms. The average molecular weight is 302 g/mol. The van der Waals surface area contributed by atoms with Gasteiger partial charge in [-0.2, -0.15) is 0 Å². The van der Waals surface area contributed by atoms with Gasteiger partial charge in [0.2, 0.25) is 0 Å². The Hall–Kier alpha value is -1.07. The molecule has 1 aromatic rings. The highest BCUT2D eigenvalue weighted by Gasteiger charge is 2.19. The van der Waals surface area contributed by atoms with Gasteiger partial charge < -0.3 is 15.6 Å². The highest BCUT2D eigenvalue weighted by Crippen LogP contribution is 2.26. The molecular formula is C12H16BrNO3. The number of carboxylic acid groups (broad SMARTS) is 1. The molecule has 0 aliphatic carbocycles. The maximum Gasteiger partial charge on any atom is 0.306 e. The zero-order valence-corrected chi connectivity index (χ0v) is 11.2. The van der Waals surface area contributed by atoms with Gasteiger partial charge in [-0.25, -0.2) is 0 Å². The summed E-state index contributed by atoms with van der Waals surface area (Å²) in [5.74, 6) is -0.586. The molecule has 0 saturated carbocycles. The Morgan fingerprint density at radius 3 is 2.82 bits per heavy atom. The van der Waals surface area contributed by atoms with Gasteiger partial charge in [0, 0.05) is 4.47 Å². The van der Waals surface area contributed by atoms with Crippen LogP contribution >= 0.6 is 15.9 Å². The molecule has 0 spiro atoms. The first-order valence-corrected chi connectivity index (χ1v) is 6.13. The quantitative estimate of drug-likeness (QED) is 0.843. The number of carbonyl (C=O) groups is 1. The second kappa shape index (κ2) is 6.61. The molecule has 0 aromatic heterocycles. The minimum atomic E-state index is -0.822. The van der Waals surface area contributed by atoms with Crippen molar-refractivity contribution in [3.05, 3.63) is 28.2 Å². The van der Waals surface area contributed by atoms with Crippen LogP contribution in [0, 0.1) is 5.92 Å². The number of aliphatic carboxylic acids is 1. The summed E-state index contributed by atoms with van der Waals surface area (Å²) in [6, 6.07) is 5.56. The summed E-state index contributed by atoms with van der Waals surface area (Å²) < 4.78 is 6.12. The summed E-state index contributed by atoms with van der Waals surface area (Å²) in [6.07, 6.45) is 0.889. The first-order valence-electron chi connectivity index (χ1n) is 5.33. The van der Waals surface area contributed by atoms with Crippen LogP contribution in [0.25, 0.3) is 0 Å². The van der Waals surface area contributed by atoms with E-state index in [2.05, 4.69) is 15.9 Å². The molecule has 1 rings (SSSR count). The highest BCUT2D eigenvalue weighted by molar-refractivity contribution is 9.10. The second-order valence-electron chi connectivity index (χ2n) is 3.77. The van der Waals surface area contributed by atoms with Crippen LogP contribution in [0.1, 0.15) is 12.0 Å². The van der Waals surface area contributed by atoms with E-state index in [1.54, 1.807) is 7.11 Å². The molecule has 4 nitrogen and oxygen atoms in total. The average Bonchev–Trinajstić information content (AvgIpc) is 2.28. The topological polar surface area (TPSA) is 72.5 Å². The zero-order chi connectivity index (χ0) is 12.8. The Bertz CT molecular complexity index is 395. The van der Waals surface area contributed by atoms with E-state index in [1.165, 1.54) is 0 Å². The smallest absolute Gasteiger partial charge is 0.306 e. The fourth-order valence-corrected chi connectivity index (χ4v) is 2.09. The Labute approximate surface area is 109 Å². The van der Waals surface area contributed by atoms with Crippen molar-refractivity contribution in [2.75, 3.05) is 13.7 Å². The van der Waals surface area contributed by atoms with E-state index in [-0.39, 0.29) is 0 Å². The lowest BCUT2D eigenvalue weighted by Crippen LogP contribution is -2.20. The van der Waals surface area contributed by atoms with Crippen molar-refractivity contribution in [2.45, 2.75) is 12.8 Å². The summed E-state index contributed by atoms with van der Waals surface area (Å²) in [5, 5.41) is 9.09. The van der Waals surface area contributed by atoms with E-state index in [4.69, 9.17) is 15.6 Å². The van der Waals surface area contributed by atoms with Crippen molar-refractivity contribution in [1.82, 2.24) is 0 Å². The number of benzene rings is 1. The number of nitrogens with two attached hydrogens (primary N) is 1. The van der Waals surface area contributed by atoms with Crippen LogP contribution < -0.4 is 10.5 Å². The molecule has 1 unspecified atom stereocenters. The zero-order valence-electron chi connectivity index (χ0n) is 9.65. The summed E-state index contributed by atoms with van der Waals surface area (Å²) >= 11 is 3.36. The van der Waals surface area contributed by atoms with Crippen molar-refractivity contribution in [3.8, 4) is 5.75 Å². The fourth-order valence-electron chi connectivity index (χ4n) is 1.69.